The summed E-state index contributed by atoms with van der Waals surface area (Å²) < 4.78 is 10.7. The molecule has 88 valence electrons. The zero-order valence-electron chi connectivity index (χ0n) is 9.83. The Balaban J connectivity index is 2.50. The van der Waals surface area contributed by atoms with E-state index in [4.69, 9.17) is 9.47 Å². The first-order valence-electron chi connectivity index (χ1n) is 6.07. The summed E-state index contributed by atoms with van der Waals surface area (Å²) in [5.74, 6) is -0.113. The smallest absolute Gasteiger partial charge is 0.331 e. The summed E-state index contributed by atoms with van der Waals surface area (Å²) >= 11 is 0. The number of carbonyl (C=O) groups excluding carboxylic acids is 1. The molecule has 15 heavy (non-hydrogen) atoms. The van der Waals surface area contributed by atoms with Gasteiger partial charge in [0.05, 0.1) is 15.4 Å². The molecule has 1 rings (SSSR count). The molecule has 0 aromatic rings. The first-order chi connectivity index (χ1) is 7.29. The van der Waals surface area contributed by atoms with Gasteiger partial charge in [0.15, 0.2) is 0 Å². The average molecular weight is 230 g/mol. The second-order valence-corrected chi connectivity index (χ2v) is 7.31. The van der Waals surface area contributed by atoms with E-state index in [9.17, 15) is 4.79 Å². The van der Waals surface area contributed by atoms with E-state index >= 15 is 0 Å². The predicted molar refractivity (Wildman–Crippen MR) is 62.7 cm³/mol. The molecule has 0 saturated carbocycles. The van der Waals surface area contributed by atoms with Gasteiger partial charge in [0, 0.05) is 6.61 Å². The highest BCUT2D eigenvalue weighted by atomic mass is 28.3. The Labute approximate surface area is 93.7 Å². The maximum absolute atomic E-state index is 11.7. The van der Waals surface area contributed by atoms with E-state index in [1.807, 2.05) is 13.8 Å². The minimum absolute atomic E-state index is 0.113. The minimum Gasteiger partial charge on any atom is -0.464 e. The van der Waals surface area contributed by atoms with Crippen molar-refractivity contribution >= 4 is 14.8 Å². The molecule has 1 fully saturated rings. The maximum atomic E-state index is 11.7. The molecule has 3 nitrogen and oxygen atoms in total. The molecule has 0 radical (unpaired) electrons. The van der Waals surface area contributed by atoms with Crippen LogP contribution in [0.3, 0.4) is 0 Å². The van der Waals surface area contributed by atoms with Crippen LogP contribution in [0.5, 0.6) is 0 Å². The average Bonchev–Trinajstić information content (AvgIpc) is 2.27. The number of ether oxygens (including phenoxy) is 2. The van der Waals surface area contributed by atoms with Crippen LogP contribution in [0.4, 0.5) is 0 Å². The van der Waals surface area contributed by atoms with Crippen LogP contribution in [0, 0.1) is 0 Å². The van der Waals surface area contributed by atoms with Crippen LogP contribution >= 0.6 is 0 Å². The summed E-state index contributed by atoms with van der Waals surface area (Å²) in [7, 11) is -1.04. The fourth-order valence-electron chi connectivity index (χ4n) is 2.24. The van der Waals surface area contributed by atoms with Crippen molar-refractivity contribution in [2.45, 2.75) is 50.9 Å². The second kappa shape index (κ2) is 7.01. The van der Waals surface area contributed by atoms with Crippen LogP contribution < -0.4 is 0 Å². The van der Waals surface area contributed by atoms with E-state index in [1.54, 1.807) is 0 Å². The van der Waals surface area contributed by atoms with E-state index in [-0.39, 0.29) is 11.7 Å². The van der Waals surface area contributed by atoms with Crippen molar-refractivity contribution in [1.29, 1.82) is 0 Å². The summed E-state index contributed by atoms with van der Waals surface area (Å²) in [5, 5.41) is 0. The Morgan fingerprint density at radius 2 is 1.87 bits per heavy atom. The van der Waals surface area contributed by atoms with Crippen molar-refractivity contribution in [1.82, 2.24) is 0 Å². The van der Waals surface area contributed by atoms with Crippen LogP contribution in [0.15, 0.2) is 0 Å². The molecule has 0 amide bonds. The third-order valence-corrected chi connectivity index (χ3v) is 6.56. The van der Waals surface area contributed by atoms with E-state index < -0.39 is 8.80 Å². The van der Waals surface area contributed by atoms with Crippen molar-refractivity contribution in [3.63, 3.8) is 0 Å². The summed E-state index contributed by atoms with van der Waals surface area (Å²) in [4.78, 5) is 11.7. The van der Waals surface area contributed by atoms with E-state index in [0.717, 1.165) is 0 Å². The Kier molecular flexibility index (Phi) is 5.94. The van der Waals surface area contributed by atoms with Gasteiger partial charge in [0.1, 0.15) is 5.73 Å². The predicted octanol–water partition coefficient (Wildman–Crippen LogP) is 1.90. The van der Waals surface area contributed by atoms with Gasteiger partial charge in [-0.15, -0.1) is 0 Å². The zero-order valence-corrected chi connectivity index (χ0v) is 11.0. The van der Waals surface area contributed by atoms with Gasteiger partial charge in [-0.2, -0.15) is 0 Å². The normalized spacial score (nSPS) is 19.9. The van der Waals surface area contributed by atoms with E-state index in [1.165, 1.54) is 31.4 Å². The largest absolute Gasteiger partial charge is 0.464 e. The number of hydrogen-bond acceptors (Lipinski definition) is 3. The first-order valence-corrected chi connectivity index (χ1v) is 8.37. The molecule has 1 atom stereocenters. The Morgan fingerprint density at radius 1 is 1.20 bits per heavy atom. The van der Waals surface area contributed by atoms with Crippen LogP contribution in [-0.4, -0.2) is 33.7 Å². The molecule has 0 aromatic carbocycles. The fourth-order valence-corrected chi connectivity index (χ4v) is 5.70. The molecule has 1 unspecified atom stereocenters. The van der Waals surface area contributed by atoms with Gasteiger partial charge in [-0.05, 0) is 13.8 Å². The zero-order chi connectivity index (χ0) is 11.1. The molecule has 1 saturated heterocycles. The van der Waals surface area contributed by atoms with Crippen molar-refractivity contribution in [2.24, 2.45) is 0 Å². The number of hydrogen-bond donors (Lipinski definition) is 0. The quantitative estimate of drug-likeness (QED) is 0.534. The van der Waals surface area contributed by atoms with Gasteiger partial charge < -0.3 is 9.47 Å². The molecule has 1 aliphatic rings. The van der Waals surface area contributed by atoms with Crippen LogP contribution in [0.1, 0.15) is 33.1 Å². The summed E-state index contributed by atoms with van der Waals surface area (Å²) in [6.45, 7) is 4.88. The van der Waals surface area contributed by atoms with Gasteiger partial charge in [-0.1, -0.05) is 31.4 Å². The van der Waals surface area contributed by atoms with Gasteiger partial charge in [-0.25, -0.2) is 4.79 Å². The third kappa shape index (κ3) is 3.95. The van der Waals surface area contributed by atoms with Gasteiger partial charge in [0.25, 0.3) is 0 Å². The molecule has 1 aliphatic heterocycles. The Hall–Kier alpha value is -0.353. The standard InChI is InChI=1S/C11H22O3Si/c1-3-13-10(12)11(14-4-2)15-8-6-5-7-9-15/h11,15H,3-9H2,1-2H3. The lowest BCUT2D eigenvalue weighted by atomic mass is 10.3. The highest BCUT2D eigenvalue weighted by molar-refractivity contribution is 6.64. The molecule has 0 spiro atoms. The molecule has 0 aliphatic carbocycles. The SMILES string of the molecule is CCOC(=O)C(OCC)[SiH]1CCCCC1. The lowest BCUT2D eigenvalue weighted by molar-refractivity contribution is -0.151. The van der Waals surface area contributed by atoms with Crippen LogP contribution in [0.25, 0.3) is 0 Å². The molecule has 0 bridgehead atoms. The molecular weight excluding hydrogens is 208 g/mol. The van der Waals surface area contributed by atoms with Crippen molar-refractivity contribution < 1.29 is 14.3 Å². The molecule has 1 heterocycles. The summed E-state index contributed by atoms with van der Waals surface area (Å²) in [6.07, 6.45) is 3.88. The van der Waals surface area contributed by atoms with Gasteiger partial charge in [0.2, 0.25) is 0 Å². The summed E-state index contributed by atoms with van der Waals surface area (Å²) in [5.41, 5.74) is -0.185. The van der Waals surface area contributed by atoms with E-state index in [2.05, 4.69) is 0 Å². The molecular formula is C11H22O3Si. The highest BCUT2D eigenvalue weighted by Gasteiger charge is 2.32. The number of rotatable bonds is 5. The number of esters is 1. The fraction of sp³-hybridized carbons (Fsp3) is 0.909. The van der Waals surface area contributed by atoms with E-state index in [0.29, 0.717) is 13.2 Å². The first kappa shape index (κ1) is 12.7. The molecule has 4 heteroatoms. The van der Waals surface area contributed by atoms with Crippen molar-refractivity contribution in [3.8, 4) is 0 Å². The minimum atomic E-state index is -1.04. The molecule has 0 N–H and O–H groups in total. The summed E-state index contributed by atoms with van der Waals surface area (Å²) in [6, 6.07) is 2.48. The monoisotopic (exact) mass is 230 g/mol. The molecule has 0 aromatic heterocycles. The van der Waals surface area contributed by atoms with Gasteiger partial charge >= 0.3 is 5.97 Å². The third-order valence-electron chi connectivity index (χ3n) is 2.94. The Bertz CT molecular complexity index is 190. The van der Waals surface area contributed by atoms with Crippen molar-refractivity contribution in [3.05, 3.63) is 0 Å². The number of carbonyl (C=O) groups is 1. The van der Waals surface area contributed by atoms with Crippen LogP contribution in [-0.2, 0) is 14.3 Å². The second-order valence-electron chi connectivity index (χ2n) is 4.03. The Morgan fingerprint density at radius 3 is 2.40 bits per heavy atom. The lowest BCUT2D eigenvalue weighted by Crippen LogP contribution is -2.42. The highest BCUT2D eigenvalue weighted by Crippen LogP contribution is 2.23. The van der Waals surface area contributed by atoms with Crippen molar-refractivity contribution in [2.75, 3.05) is 13.2 Å². The lowest BCUT2D eigenvalue weighted by Gasteiger charge is -2.27. The topological polar surface area (TPSA) is 35.5 Å². The van der Waals surface area contributed by atoms with Crippen LogP contribution in [0.2, 0.25) is 12.1 Å². The maximum Gasteiger partial charge on any atom is 0.331 e. The van der Waals surface area contributed by atoms with Gasteiger partial charge in [-0.3, -0.25) is 0 Å².